The zero-order valence-electron chi connectivity index (χ0n) is 12.6. The number of carbonyl (C=O) groups is 1. The van der Waals surface area contributed by atoms with Gasteiger partial charge in [-0.05, 0) is 18.9 Å². The molecule has 3 rings (SSSR count). The predicted molar refractivity (Wildman–Crippen MR) is 85.5 cm³/mol. The number of nitrogens with zero attached hydrogens (tertiary/aromatic N) is 3. The molecule has 2 aromatic rings. The van der Waals surface area contributed by atoms with E-state index in [-0.39, 0.29) is 23.7 Å². The highest BCUT2D eigenvalue weighted by Crippen LogP contribution is 2.18. The number of carbonyl (C=O) groups excluding carboxylic acids is 1. The van der Waals surface area contributed by atoms with Crippen LogP contribution in [0.5, 0.6) is 0 Å². The van der Waals surface area contributed by atoms with Crippen molar-refractivity contribution in [1.29, 1.82) is 0 Å². The number of nitrogens with two attached hydrogens (primary N) is 1. The van der Waals surface area contributed by atoms with Crippen LogP contribution in [-0.2, 0) is 6.54 Å². The third kappa shape index (κ3) is 3.39. The van der Waals surface area contributed by atoms with Gasteiger partial charge in [-0.15, -0.1) is 0 Å². The molecule has 1 amide bonds. The van der Waals surface area contributed by atoms with Crippen molar-refractivity contribution >= 4 is 17.7 Å². The highest BCUT2D eigenvalue weighted by molar-refractivity contribution is 5.98. The van der Waals surface area contributed by atoms with Gasteiger partial charge in [-0.25, -0.2) is 9.37 Å². The number of hydrogen-bond donors (Lipinski definition) is 2. The van der Waals surface area contributed by atoms with Gasteiger partial charge in [0.2, 0.25) is 5.95 Å². The Kier molecular flexibility index (Phi) is 4.36. The first-order chi connectivity index (χ1) is 11.1. The number of nitrogens with one attached hydrogen (secondary N) is 1. The molecule has 0 bridgehead atoms. The molecule has 2 heterocycles. The zero-order chi connectivity index (χ0) is 16.2. The number of amides is 1. The van der Waals surface area contributed by atoms with Crippen molar-refractivity contribution in [3.05, 3.63) is 47.4 Å². The van der Waals surface area contributed by atoms with E-state index in [4.69, 9.17) is 5.73 Å². The Hall–Kier alpha value is -2.70. The van der Waals surface area contributed by atoms with E-state index in [1.54, 1.807) is 18.2 Å². The van der Waals surface area contributed by atoms with Gasteiger partial charge in [0.15, 0.2) is 0 Å². The second-order valence-electron chi connectivity index (χ2n) is 5.44. The number of aromatic nitrogens is 2. The minimum absolute atomic E-state index is 0.0822. The van der Waals surface area contributed by atoms with E-state index in [9.17, 15) is 9.18 Å². The average Bonchev–Trinajstić information content (AvgIpc) is 3.08. The Bertz CT molecular complexity index is 715. The van der Waals surface area contributed by atoms with E-state index < -0.39 is 5.91 Å². The van der Waals surface area contributed by atoms with Crippen molar-refractivity contribution in [2.75, 3.05) is 23.7 Å². The quantitative estimate of drug-likeness (QED) is 0.897. The van der Waals surface area contributed by atoms with Gasteiger partial charge in [-0.2, -0.15) is 4.98 Å². The second-order valence-corrected chi connectivity index (χ2v) is 5.44. The molecule has 0 aliphatic carbocycles. The summed E-state index contributed by atoms with van der Waals surface area (Å²) in [4.78, 5) is 22.6. The maximum Gasteiger partial charge on any atom is 0.256 e. The number of hydrogen-bond acceptors (Lipinski definition) is 5. The van der Waals surface area contributed by atoms with Gasteiger partial charge in [-0.1, -0.05) is 18.2 Å². The predicted octanol–water partition coefficient (Wildman–Crippen LogP) is 1.73. The smallest absolute Gasteiger partial charge is 0.256 e. The molecule has 1 fully saturated rings. The molecule has 1 aliphatic rings. The van der Waals surface area contributed by atoms with Crippen LogP contribution in [0.4, 0.5) is 16.2 Å². The zero-order valence-corrected chi connectivity index (χ0v) is 12.6. The van der Waals surface area contributed by atoms with Crippen LogP contribution in [0.2, 0.25) is 0 Å². The first-order valence-corrected chi connectivity index (χ1v) is 7.54. The summed E-state index contributed by atoms with van der Waals surface area (Å²) in [5, 5.41) is 2.63. The Balaban J connectivity index is 1.68. The maximum absolute atomic E-state index is 13.5. The molecule has 1 aliphatic heterocycles. The van der Waals surface area contributed by atoms with Crippen molar-refractivity contribution in [2.24, 2.45) is 0 Å². The average molecular weight is 315 g/mol. The SMILES string of the molecule is Nc1nc(N2CCCC2)ncc1C(=O)NCc1ccccc1F. The summed E-state index contributed by atoms with van der Waals surface area (Å²) >= 11 is 0. The molecule has 0 unspecified atom stereocenters. The van der Waals surface area contributed by atoms with Gasteiger partial charge in [0.25, 0.3) is 5.91 Å². The Morgan fingerprint density at radius 1 is 1.30 bits per heavy atom. The highest BCUT2D eigenvalue weighted by atomic mass is 19.1. The third-order valence-corrected chi connectivity index (χ3v) is 3.84. The summed E-state index contributed by atoms with van der Waals surface area (Å²) in [5.74, 6) is -0.0984. The number of rotatable bonds is 4. The topological polar surface area (TPSA) is 84.1 Å². The van der Waals surface area contributed by atoms with E-state index in [2.05, 4.69) is 15.3 Å². The molecular weight excluding hydrogens is 297 g/mol. The van der Waals surface area contributed by atoms with Crippen LogP contribution in [0.1, 0.15) is 28.8 Å². The van der Waals surface area contributed by atoms with E-state index in [0.717, 1.165) is 25.9 Å². The normalized spacial score (nSPS) is 14.0. The molecule has 0 radical (unpaired) electrons. The van der Waals surface area contributed by atoms with Gasteiger partial charge in [0.05, 0.1) is 5.56 Å². The Morgan fingerprint density at radius 2 is 2.04 bits per heavy atom. The molecule has 1 aromatic heterocycles. The maximum atomic E-state index is 13.5. The summed E-state index contributed by atoms with van der Waals surface area (Å²) < 4.78 is 13.5. The van der Waals surface area contributed by atoms with Crippen molar-refractivity contribution in [3.63, 3.8) is 0 Å². The van der Waals surface area contributed by atoms with Gasteiger partial charge in [0, 0.05) is 31.4 Å². The molecular formula is C16H18FN5O. The molecule has 1 saturated heterocycles. The molecule has 1 aromatic carbocycles. The van der Waals surface area contributed by atoms with E-state index in [1.807, 2.05) is 4.90 Å². The van der Waals surface area contributed by atoms with Crippen molar-refractivity contribution in [3.8, 4) is 0 Å². The molecule has 120 valence electrons. The number of nitrogen functional groups attached to an aromatic ring is 1. The Labute approximate surface area is 133 Å². The summed E-state index contributed by atoms with van der Waals surface area (Å²) in [6.07, 6.45) is 3.63. The first-order valence-electron chi connectivity index (χ1n) is 7.54. The molecule has 3 N–H and O–H groups in total. The Morgan fingerprint density at radius 3 is 2.74 bits per heavy atom. The molecule has 6 nitrogen and oxygen atoms in total. The third-order valence-electron chi connectivity index (χ3n) is 3.84. The molecule has 0 saturated carbocycles. The highest BCUT2D eigenvalue weighted by Gasteiger charge is 2.18. The first kappa shape index (κ1) is 15.2. The molecule has 7 heteroatoms. The monoisotopic (exact) mass is 315 g/mol. The largest absolute Gasteiger partial charge is 0.383 e. The second kappa shape index (κ2) is 6.60. The lowest BCUT2D eigenvalue weighted by Crippen LogP contribution is -2.26. The molecule has 23 heavy (non-hydrogen) atoms. The summed E-state index contributed by atoms with van der Waals surface area (Å²) in [6.45, 7) is 1.88. The number of anilines is 2. The van der Waals surface area contributed by atoms with Gasteiger partial charge in [-0.3, -0.25) is 4.79 Å². The fraction of sp³-hybridized carbons (Fsp3) is 0.312. The van der Waals surface area contributed by atoms with E-state index in [0.29, 0.717) is 11.5 Å². The van der Waals surface area contributed by atoms with Crippen molar-refractivity contribution in [1.82, 2.24) is 15.3 Å². The van der Waals surface area contributed by atoms with Crippen molar-refractivity contribution in [2.45, 2.75) is 19.4 Å². The van der Waals surface area contributed by atoms with Crippen LogP contribution < -0.4 is 16.0 Å². The van der Waals surface area contributed by atoms with Crippen LogP contribution in [0, 0.1) is 5.82 Å². The minimum Gasteiger partial charge on any atom is -0.383 e. The number of halogens is 1. The van der Waals surface area contributed by atoms with E-state index in [1.165, 1.54) is 12.3 Å². The van der Waals surface area contributed by atoms with Gasteiger partial charge >= 0.3 is 0 Å². The fourth-order valence-electron chi connectivity index (χ4n) is 2.54. The number of benzene rings is 1. The van der Waals surface area contributed by atoms with Crippen LogP contribution in [0.3, 0.4) is 0 Å². The van der Waals surface area contributed by atoms with Crippen molar-refractivity contribution < 1.29 is 9.18 Å². The minimum atomic E-state index is -0.418. The van der Waals surface area contributed by atoms with Crippen LogP contribution in [0.15, 0.2) is 30.5 Å². The lowest BCUT2D eigenvalue weighted by atomic mass is 10.2. The van der Waals surface area contributed by atoms with E-state index >= 15 is 0 Å². The van der Waals surface area contributed by atoms with Crippen LogP contribution >= 0.6 is 0 Å². The summed E-state index contributed by atoms with van der Waals surface area (Å²) in [6, 6.07) is 6.28. The molecule has 0 spiro atoms. The fourth-order valence-corrected chi connectivity index (χ4v) is 2.54. The lowest BCUT2D eigenvalue weighted by Gasteiger charge is -2.16. The standard InChI is InChI=1S/C16H18FN5O/c17-13-6-2-1-5-11(13)9-19-15(23)12-10-20-16(21-14(12)18)22-7-3-4-8-22/h1-2,5-6,10H,3-4,7-9H2,(H,19,23)(H2,18,20,21). The van der Waals surface area contributed by atoms with Gasteiger partial charge in [0.1, 0.15) is 11.6 Å². The molecule has 0 atom stereocenters. The van der Waals surface area contributed by atoms with Crippen LogP contribution in [0.25, 0.3) is 0 Å². The summed E-state index contributed by atoms with van der Waals surface area (Å²) in [5.41, 5.74) is 6.49. The summed E-state index contributed by atoms with van der Waals surface area (Å²) in [7, 11) is 0. The lowest BCUT2D eigenvalue weighted by molar-refractivity contribution is 0.0951. The van der Waals surface area contributed by atoms with Crippen LogP contribution in [-0.4, -0.2) is 29.0 Å². The van der Waals surface area contributed by atoms with Gasteiger partial charge < -0.3 is 16.0 Å².